The Morgan fingerprint density at radius 2 is 1.90 bits per heavy atom. The van der Waals surface area contributed by atoms with E-state index in [4.69, 9.17) is 26.3 Å². The Morgan fingerprint density at radius 1 is 1.13 bits per heavy atom. The van der Waals surface area contributed by atoms with Crippen LogP contribution in [0.4, 0.5) is 5.82 Å². The van der Waals surface area contributed by atoms with E-state index >= 15 is 0 Å². The number of aromatic nitrogens is 5. The van der Waals surface area contributed by atoms with Gasteiger partial charge in [-0.1, -0.05) is 11.6 Å². The summed E-state index contributed by atoms with van der Waals surface area (Å²) in [7, 11) is 3.86. The van der Waals surface area contributed by atoms with Crippen LogP contribution in [-0.4, -0.2) is 70.4 Å². The Labute approximate surface area is 180 Å². The van der Waals surface area contributed by atoms with Crippen LogP contribution >= 0.6 is 11.6 Å². The van der Waals surface area contributed by atoms with Crippen LogP contribution in [0.2, 0.25) is 5.15 Å². The van der Waals surface area contributed by atoms with E-state index in [1.165, 1.54) is 19.5 Å². The van der Waals surface area contributed by atoms with Gasteiger partial charge in [0.25, 0.3) is 0 Å². The molecular weight excluding hydrogens is 402 g/mol. The molecule has 2 aliphatic heterocycles. The molecule has 3 aromatic heterocycles. The van der Waals surface area contributed by atoms with Crippen molar-refractivity contribution in [3.63, 3.8) is 0 Å². The highest BCUT2D eigenvalue weighted by Crippen LogP contribution is 2.43. The van der Waals surface area contributed by atoms with Crippen LogP contribution < -0.4 is 9.64 Å². The van der Waals surface area contributed by atoms with Crippen LogP contribution in [0.5, 0.6) is 5.75 Å². The average Bonchev–Trinajstić information content (AvgIpc) is 3.34. The normalized spacial score (nSPS) is 19.1. The number of aryl methyl sites for hydroxylation is 1. The summed E-state index contributed by atoms with van der Waals surface area (Å²) in [5.41, 5.74) is 2.82. The number of hydrogen-bond donors (Lipinski definition) is 1. The molecule has 5 rings (SSSR count). The van der Waals surface area contributed by atoms with Crippen LogP contribution in [0.25, 0.3) is 22.3 Å². The third-order valence-corrected chi connectivity index (χ3v) is 6.95. The number of halogens is 1. The number of H-pyrrole nitrogens is 1. The Morgan fingerprint density at radius 3 is 2.53 bits per heavy atom. The molecule has 0 bridgehead atoms. The molecule has 5 heterocycles. The number of piperidine rings is 1. The van der Waals surface area contributed by atoms with Crippen molar-refractivity contribution in [2.45, 2.75) is 26.2 Å². The van der Waals surface area contributed by atoms with E-state index in [9.17, 15) is 0 Å². The van der Waals surface area contributed by atoms with Gasteiger partial charge in [-0.05, 0) is 45.2 Å². The smallest absolute Gasteiger partial charge is 0.165 e. The molecule has 1 spiro atoms. The summed E-state index contributed by atoms with van der Waals surface area (Å²) in [5, 5.41) is 8.27. The van der Waals surface area contributed by atoms with Crippen LogP contribution in [0.3, 0.4) is 0 Å². The van der Waals surface area contributed by atoms with E-state index in [-0.39, 0.29) is 0 Å². The van der Waals surface area contributed by atoms with Crippen LogP contribution in [0.15, 0.2) is 12.4 Å². The van der Waals surface area contributed by atoms with Crippen molar-refractivity contribution < 1.29 is 4.74 Å². The topological polar surface area (TPSA) is 83.1 Å². The number of aromatic amines is 1. The van der Waals surface area contributed by atoms with E-state index in [1.54, 1.807) is 19.5 Å². The number of methoxy groups -OCH3 is 1. The van der Waals surface area contributed by atoms with E-state index in [1.807, 2.05) is 6.92 Å². The monoisotopic (exact) mass is 427 g/mol. The first-order valence-electron chi connectivity index (χ1n) is 10.3. The molecule has 8 nitrogen and oxygen atoms in total. The molecule has 1 N–H and O–H groups in total. The fourth-order valence-electron chi connectivity index (χ4n) is 4.91. The van der Waals surface area contributed by atoms with Gasteiger partial charge >= 0.3 is 0 Å². The van der Waals surface area contributed by atoms with Crippen molar-refractivity contribution >= 4 is 28.3 Å². The van der Waals surface area contributed by atoms with Gasteiger partial charge in [-0.25, -0.2) is 15.0 Å². The first-order valence-corrected chi connectivity index (χ1v) is 10.7. The van der Waals surface area contributed by atoms with Gasteiger partial charge in [-0.3, -0.25) is 5.10 Å². The average molecular weight is 428 g/mol. The highest BCUT2D eigenvalue weighted by atomic mass is 35.5. The van der Waals surface area contributed by atoms with Crippen molar-refractivity contribution in [3.8, 4) is 17.1 Å². The fraction of sp³-hybridized carbons (Fsp3) is 0.524. The standard InChI is InChI=1S/C21H26ClN7O/c1-13-14(10-24-27-13)19-25-17-16(15(30-3)11-23-18(17)22)20(26-19)29-8-5-21(6-9-29)4-7-28(2)12-21/h10-11H,4-9,12H2,1-3H3,(H,24,27). The minimum absolute atomic E-state index is 0.350. The number of nitrogens with one attached hydrogen (secondary N) is 1. The van der Waals surface area contributed by atoms with Gasteiger partial charge in [0, 0.05) is 25.3 Å². The predicted octanol–water partition coefficient (Wildman–Crippen LogP) is 3.31. The number of anilines is 1. The van der Waals surface area contributed by atoms with Gasteiger partial charge in [0.2, 0.25) is 0 Å². The second-order valence-corrected chi connectivity index (χ2v) is 8.95. The number of rotatable bonds is 3. The lowest BCUT2D eigenvalue weighted by Crippen LogP contribution is -2.41. The molecule has 9 heteroatoms. The fourth-order valence-corrected chi connectivity index (χ4v) is 5.09. The van der Waals surface area contributed by atoms with Crippen LogP contribution in [0, 0.1) is 12.3 Å². The van der Waals surface area contributed by atoms with Crippen molar-refractivity contribution in [2.24, 2.45) is 5.41 Å². The number of hydrogen-bond acceptors (Lipinski definition) is 7. The molecule has 0 saturated carbocycles. The minimum Gasteiger partial charge on any atom is -0.494 e. The zero-order valence-electron chi connectivity index (χ0n) is 17.6. The zero-order chi connectivity index (χ0) is 20.9. The molecule has 3 aromatic rings. The predicted molar refractivity (Wildman–Crippen MR) is 117 cm³/mol. The van der Waals surface area contributed by atoms with E-state index in [0.717, 1.165) is 48.4 Å². The third kappa shape index (κ3) is 3.18. The van der Waals surface area contributed by atoms with Gasteiger partial charge in [-0.15, -0.1) is 0 Å². The second kappa shape index (κ2) is 7.35. The zero-order valence-corrected chi connectivity index (χ0v) is 18.3. The molecular formula is C21H26ClN7O. The summed E-state index contributed by atoms with van der Waals surface area (Å²) in [6.07, 6.45) is 6.99. The van der Waals surface area contributed by atoms with Gasteiger partial charge < -0.3 is 14.5 Å². The van der Waals surface area contributed by atoms with Gasteiger partial charge in [-0.2, -0.15) is 5.10 Å². The van der Waals surface area contributed by atoms with Crippen molar-refractivity contribution in [1.29, 1.82) is 0 Å². The number of ether oxygens (including phenoxy) is 1. The first kappa shape index (κ1) is 19.5. The molecule has 2 aliphatic rings. The summed E-state index contributed by atoms with van der Waals surface area (Å²) in [5.74, 6) is 2.10. The van der Waals surface area contributed by atoms with Crippen LogP contribution in [0.1, 0.15) is 25.0 Å². The van der Waals surface area contributed by atoms with E-state index in [2.05, 4.69) is 32.0 Å². The second-order valence-electron chi connectivity index (χ2n) is 8.60. The molecule has 0 aliphatic carbocycles. The Balaban J connectivity index is 1.61. The van der Waals surface area contributed by atoms with Gasteiger partial charge in [0.05, 0.1) is 30.5 Å². The van der Waals surface area contributed by atoms with Crippen molar-refractivity contribution in [3.05, 3.63) is 23.2 Å². The van der Waals surface area contributed by atoms with Crippen molar-refractivity contribution in [1.82, 2.24) is 30.0 Å². The highest BCUT2D eigenvalue weighted by Gasteiger charge is 2.40. The quantitative estimate of drug-likeness (QED) is 0.642. The summed E-state index contributed by atoms with van der Waals surface area (Å²) in [6.45, 7) is 6.24. The SMILES string of the molecule is COc1cnc(Cl)c2nc(-c3cn[nH]c3C)nc(N3CCC4(CCN(C)C4)CC3)c12. The maximum Gasteiger partial charge on any atom is 0.165 e. The molecule has 158 valence electrons. The maximum atomic E-state index is 6.48. The molecule has 2 fully saturated rings. The van der Waals surface area contributed by atoms with E-state index < -0.39 is 0 Å². The third-order valence-electron chi connectivity index (χ3n) is 6.67. The van der Waals surface area contributed by atoms with Crippen molar-refractivity contribution in [2.75, 3.05) is 45.2 Å². The maximum absolute atomic E-state index is 6.48. The minimum atomic E-state index is 0.350. The summed E-state index contributed by atoms with van der Waals surface area (Å²) >= 11 is 6.48. The molecule has 0 atom stereocenters. The first-order chi connectivity index (χ1) is 14.5. The number of pyridine rings is 1. The number of nitrogens with zero attached hydrogens (tertiary/aromatic N) is 6. The molecule has 0 aromatic carbocycles. The van der Waals surface area contributed by atoms with Gasteiger partial charge in [0.15, 0.2) is 11.0 Å². The molecule has 0 amide bonds. The number of fused-ring (bicyclic) bond motifs is 1. The summed E-state index contributed by atoms with van der Waals surface area (Å²) in [6, 6.07) is 0. The molecule has 0 radical (unpaired) electrons. The Bertz CT molecular complexity index is 1090. The molecule has 2 saturated heterocycles. The van der Waals surface area contributed by atoms with Crippen LogP contribution in [-0.2, 0) is 0 Å². The lowest BCUT2D eigenvalue weighted by Gasteiger charge is -2.40. The largest absolute Gasteiger partial charge is 0.494 e. The lowest BCUT2D eigenvalue weighted by molar-refractivity contribution is 0.222. The molecule has 30 heavy (non-hydrogen) atoms. The molecule has 0 unspecified atom stereocenters. The Kier molecular flexibility index (Phi) is 4.78. The lowest BCUT2D eigenvalue weighted by atomic mass is 9.78. The Hall–Kier alpha value is -2.45. The number of likely N-dealkylation sites (tertiary alicyclic amines) is 1. The van der Waals surface area contributed by atoms with Gasteiger partial charge in [0.1, 0.15) is 17.1 Å². The van der Waals surface area contributed by atoms with E-state index in [0.29, 0.717) is 27.7 Å². The highest BCUT2D eigenvalue weighted by molar-refractivity contribution is 6.34. The summed E-state index contributed by atoms with van der Waals surface area (Å²) < 4.78 is 5.62. The summed E-state index contributed by atoms with van der Waals surface area (Å²) in [4.78, 5) is 18.8.